The Balaban J connectivity index is 1.69. The monoisotopic (exact) mass is 366 g/mol. The lowest BCUT2D eigenvalue weighted by atomic mass is 10.1. The van der Waals surface area contributed by atoms with Gasteiger partial charge in [-0.3, -0.25) is 9.59 Å². The van der Waals surface area contributed by atoms with Crippen molar-refractivity contribution in [2.24, 2.45) is 0 Å². The molecule has 2 aromatic carbocycles. The van der Waals surface area contributed by atoms with Gasteiger partial charge in [0.15, 0.2) is 0 Å². The molecule has 2 heterocycles. The SMILES string of the molecule is COc1cc2c(c(C(=O)Nc3cccc4c3ccn4CC(=O)O)c1)OCC2. The van der Waals surface area contributed by atoms with Crippen molar-refractivity contribution in [2.75, 3.05) is 19.0 Å². The molecular weight excluding hydrogens is 348 g/mol. The van der Waals surface area contributed by atoms with Gasteiger partial charge in [-0.1, -0.05) is 6.07 Å². The quantitative estimate of drug-likeness (QED) is 0.725. The summed E-state index contributed by atoms with van der Waals surface area (Å²) in [5.41, 5.74) is 2.72. The number of benzene rings is 2. The number of hydrogen-bond donors (Lipinski definition) is 2. The second kappa shape index (κ2) is 6.68. The molecule has 0 radical (unpaired) electrons. The van der Waals surface area contributed by atoms with E-state index in [2.05, 4.69) is 5.32 Å². The van der Waals surface area contributed by atoms with Crippen LogP contribution in [0.3, 0.4) is 0 Å². The summed E-state index contributed by atoms with van der Waals surface area (Å²) < 4.78 is 12.6. The van der Waals surface area contributed by atoms with E-state index < -0.39 is 5.97 Å². The summed E-state index contributed by atoms with van der Waals surface area (Å²) in [6, 6.07) is 10.7. The molecule has 4 rings (SSSR count). The molecule has 0 spiro atoms. The van der Waals surface area contributed by atoms with Crippen LogP contribution in [0, 0.1) is 0 Å². The Morgan fingerprint density at radius 1 is 1.30 bits per heavy atom. The molecule has 1 aliphatic rings. The molecule has 1 amide bonds. The van der Waals surface area contributed by atoms with Gasteiger partial charge in [-0.2, -0.15) is 0 Å². The summed E-state index contributed by atoms with van der Waals surface area (Å²) in [6.45, 7) is 0.397. The number of nitrogens with zero attached hydrogens (tertiary/aromatic N) is 1. The average molecular weight is 366 g/mol. The molecule has 27 heavy (non-hydrogen) atoms. The van der Waals surface area contributed by atoms with Crippen LogP contribution in [0.5, 0.6) is 11.5 Å². The molecule has 0 unspecified atom stereocenters. The number of carboxylic acid groups (broad SMARTS) is 1. The molecule has 138 valence electrons. The lowest BCUT2D eigenvalue weighted by Crippen LogP contribution is -2.13. The first kappa shape index (κ1) is 17.0. The molecule has 0 saturated carbocycles. The van der Waals surface area contributed by atoms with Crippen molar-refractivity contribution >= 4 is 28.5 Å². The van der Waals surface area contributed by atoms with Crippen molar-refractivity contribution in [3.63, 3.8) is 0 Å². The largest absolute Gasteiger partial charge is 0.497 e. The summed E-state index contributed by atoms with van der Waals surface area (Å²) >= 11 is 0. The highest BCUT2D eigenvalue weighted by molar-refractivity contribution is 6.10. The maximum absolute atomic E-state index is 12.9. The third-order valence-corrected chi connectivity index (χ3v) is 4.60. The van der Waals surface area contributed by atoms with Gasteiger partial charge in [0.25, 0.3) is 5.91 Å². The van der Waals surface area contributed by atoms with Crippen molar-refractivity contribution in [3.05, 3.63) is 53.7 Å². The first-order valence-corrected chi connectivity index (χ1v) is 8.51. The molecule has 0 atom stereocenters. The number of carbonyl (C=O) groups excluding carboxylic acids is 1. The van der Waals surface area contributed by atoms with Gasteiger partial charge in [0.1, 0.15) is 18.0 Å². The Morgan fingerprint density at radius 3 is 2.93 bits per heavy atom. The van der Waals surface area contributed by atoms with Crippen molar-refractivity contribution in [3.8, 4) is 11.5 Å². The summed E-state index contributed by atoms with van der Waals surface area (Å²) in [5.74, 6) is -0.0318. The zero-order chi connectivity index (χ0) is 19.0. The molecule has 0 aliphatic carbocycles. The first-order chi connectivity index (χ1) is 13.1. The predicted octanol–water partition coefficient (Wildman–Crippen LogP) is 2.92. The van der Waals surface area contributed by atoms with E-state index in [0.717, 1.165) is 22.9 Å². The van der Waals surface area contributed by atoms with Crippen LogP contribution in [0.2, 0.25) is 0 Å². The minimum Gasteiger partial charge on any atom is -0.497 e. The molecule has 7 nitrogen and oxygen atoms in total. The van der Waals surface area contributed by atoms with E-state index in [9.17, 15) is 9.59 Å². The molecule has 1 aliphatic heterocycles. The molecule has 0 fully saturated rings. The normalized spacial score (nSPS) is 12.5. The minimum absolute atomic E-state index is 0.141. The Hall–Kier alpha value is -3.48. The number of carbonyl (C=O) groups is 2. The Morgan fingerprint density at radius 2 is 2.15 bits per heavy atom. The van der Waals surface area contributed by atoms with Gasteiger partial charge in [0.05, 0.1) is 30.5 Å². The van der Waals surface area contributed by atoms with Crippen LogP contribution < -0.4 is 14.8 Å². The van der Waals surface area contributed by atoms with E-state index in [1.54, 1.807) is 42.1 Å². The van der Waals surface area contributed by atoms with Crippen LogP contribution in [0.1, 0.15) is 15.9 Å². The van der Waals surface area contributed by atoms with Gasteiger partial charge >= 0.3 is 5.97 Å². The van der Waals surface area contributed by atoms with Crippen LogP contribution in [0.4, 0.5) is 5.69 Å². The number of ether oxygens (including phenoxy) is 2. The van der Waals surface area contributed by atoms with Crippen molar-refractivity contribution < 1.29 is 24.2 Å². The number of anilines is 1. The fourth-order valence-corrected chi connectivity index (χ4v) is 3.37. The summed E-state index contributed by atoms with van der Waals surface area (Å²) in [5, 5.41) is 12.7. The number of nitrogens with one attached hydrogen (secondary N) is 1. The standard InChI is InChI=1S/C20H18N2O5/c1-26-13-9-12-6-8-27-19(12)15(10-13)20(25)21-16-3-2-4-17-14(16)5-7-22(17)11-18(23)24/h2-5,7,9-10H,6,8,11H2,1H3,(H,21,25)(H,23,24). The summed E-state index contributed by atoms with van der Waals surface area (Å²) in [4.78, 5) is 23.9. The van der Waals surface area contributed by atoms with E-state index >= 15 is 0 Å². The third kappa shape index (κ3) is 3.08. The number of rotatable bonds is 5. The summed E-state index contributed by atoms with van der Waals surface area (Å²) in [7, 11) is 1.56. The van der Waals surface area contributed by atoms with Crippen LogP contribution in [-0.4, -0.2) is 35.3 Å². The van der Waals surface area contributed by atoms with Gasteiger partial charge in [-0.25, -0.2) is 0 Å². The van der Waals surface area contributed by atoms with E-state index in [4.69, 9.17) is 14.6 Å². The van der Waals surface area contributed by atoms with Crippen LogP contribution >= 0.6 is 0 Å². The van der Waals surface area contributed by atoms with Crippen molar-refractivity contribution in [2.45, 2.75) is 13.0 Å². The van der Waals surface area contributed by atoms with E-state index in [1.165, 1.54) is 0 Å². The van der Waals surface area contributed by atoms with Gasteiger partial charge in [0, 0.05) is 23.6 Å². The summed E-state index contributed by atoms with van der Waals surface area (Å²) in [6.07, 6.45) is 2.43. The lowest BCUT2D eigenvalue weighted by molar-refractivity contribution is -0.137. The third-order valence-electron chi connectivity index (χ3n) is 4.60. The van der Waals surface area contributed by atoms with Crippen molar-refractivity contribution in [1.29, 1.82) is 0 Å². The van der Waals surface area contributed by atoms with E-state index in [0.29, 0.717) is 29.4 Å². The molecule has 0 bridgehead atoms. The zero-order valence-electron chi connectivity index (χ0n) is 14.7. The number of amides is 1. The smallest absolute Gasteiger partial charge is 0.323 e. The maximum atomic E-state index is 12.9. The first-order valence-electron chi connectivity index (χ1n) is 8.51. The fraction of sp³-hybridized carbons (Fsp3) is 0.200. The van der Waals surface area contributed by atoms with Crippen LogP contribution in [0.15, 0.2) is 42.6 Å². The van der Waals surface area contributed by atoms with Gasteiger partial charge in [-0.15, -0.1) is 0 Å². The Labute approximate surface area is 155 Å². The maximum Gasteiger partial charge on any atom is 0.323 e. The Bertz CT molecular complexity index is 1050. The molecular formula is C20H18N2O5. The molecule has 0 saturated heterocycles. The second-order valence-corrected chi connectivity index (χ2v) is 6.29. The zero-order valence-corrected chi connectivity index (χ0v) is 14.7. The number of carboxylic acids is 1. The number of fused-ring (bicyclic) bond motifs is 2. The highest BCUT2D eigenvalue weighted by Crippen LogP contribution is 2.35. The fourth-order valence-electron chi connectivity index (χ4n) is 3.37. The number of hydrogen-bond acceptors (Lipinski definition) is 4. The number of aliphatic carboxylic acids is 1. The molecule has 7 heteroatoms. The van der Waals surface area contributed by atoms with E-state index in [-0.39, 0.29) is 12.5 Å². The predicted molar refractivity (Wildman–Crippen MR) is 99.7 cm³/mol. The average Bonchev–Trinajstić information content (AvgIpc) is 3.28. The van der Waals surface area contributed by atoms with E-state index in [1.807, 2.05) is 12.1 Å². The highest BCUT2D eigenvalue weighted by Gasteiger charge is 2.23. The van der Waals surface area contributed by atoms with Gasteiger partial charge in [0.2, 0.25) is 0 Å². The van der Waals surface area contributed by atoms with Gasteiger partial charge < -0.3 is 24.5 Å². The Kier molecular flexibility index (Phi) is 4.19. The second-order valence-electron chi connectivity index (χ2n) is 6.29. The lowest BCUT2D eigenvalue weighted by Gasteiger charge is -2.12. The van der Waals surface area contributed by atoms with Crippen LogP contribution in [0.25, 0.3) is 10.9 Å². The highest BCUT2D eigenvalue weighted by atomic mass is 16.5. The molecule has 2 N–H and O–H groups in total. The van der Waals surface area contributed by atoms with Gasteiger partial charge in [-0.05, 0) is 30.3 Å². The number of methoxy groups -OCH3 is 1. The number of aromatic nitrogens is 1. The van der Waals surface area contributed by atoms with Crippen LogP contribution in [-0.2, 0) is 17.8 Å². The molecule has 3 aromatic rings. The molecule has 1 aromatic heterocycles. The topological polar surface area (TPSA) is 89.8 Å². The van der Waals surface area contributed by atoms with Crippen molar-refractivity contribution in [1.82, 2.24) is 4.57 Å². The minimum atomic E-state index is -0.925.